The summed E-state index contributed by atoms with van der Waals surface area (Å²) in [5.41, 5.74) is 0. The van der Waals surface area contributed by atoms with Crippen molar-refractivity contribution in [3.63, 3.8) is 0 Å². The largest absolute Gasteiger partial charge is 0.468 e. The molecule has 2 aliphatic heterocycles. The van der Waals surface area contributed by atoms with E-state index < -0.39 is 0 Å². The van der Waals surface area contributed by atoms with Gasteiger partial charge in [-0.2, -0.15) is 0 Å². The Hall–Kier alpha value is -1.32. The number of carbonyl (C=O) groups excluding carboxylic acids is 3. The van der Waals surface area contributed by atoms with Crippen LogP contribution in [0.4, 0.5) is 0 Å². The Morgan fingerprint density at radius 1 is 1.36 bits per heavy atom. The molecule has 6 nitrogen and oxygen atoms in total. The van der Waals surface area contributed by atoms with E-state index in [1.807, 2.05) is 0 Å². The molecule has 0 aromatic rings. The predicted molar refractivity (Wildman–Crippen MR) is 89.9 cm³/mol. The van der Waals surface area contributed by atoms with Gasteiger partial charge in [0.25, 0.3) is 12.4 Å². The van der Waals surface area contributed by atoms with Crippen molar-refractivity contribution in [2.45, 2.75) is 6.42 Å². The molecule has 22 heavy (non-hydrogen) atoms. The van der Waals surface area contributed by atoms with Crippen molar-refractivity contribution < 1.29 is 19.1 Å². The second-order valence-corrected chi connectivity index (χ2v) is 6.97. The quantitative estimate of drug-likeness (QED) is 0.224. The monoisotopic (exact) mass is 358 g/mol. The van der Waals surface area contributed by atoms with Gasteiger partial charge < -0.3 is 9.64 Å². The number of amides is 2. The highest BCUT2D eigenvalue weighted by molar-refractivity contribution is 8.27. The van der Waals surface area contributed by atoms with Crippen LogP contribution < -0.4 is 0 Å². The number of thioether (sulfide) groups is 2. The summed E-state index contributed by atoms with van der Waals surface area (Å²) in [6.07, 6.45) is 2.13. The summed E-state index contributed by atoms with van der Waals surface area (Å²) in [5.74, 6) is 0.0523. The summed E-state index contributed by atoms with van der Waals surface area (Å²) in [6.45, 7) is 4.98. The molecule has 0 unspecified atom stereocenters. The van der Waals surface area contributed by atoms with Gasteiger partial charge in [-0.3, -0.25) is 19.3 Å². The van der Waals surface area contributed by atoms with Gasteiger partial charge in [0.2, 0.25) is 5.91 Å². The van der Waals surface area contributed by atoms with Crippen molar-refractivity contribution in [1.82, 2.24) is 9.80 Å². The zero-order valence-corrected chi connectivity index (χ0v) is 14.1. The number of thiocarbonyl (C=S) groups is 1. The molecule has 2 amide bonds. The summed E-state index contributed by atoms with van der Waals surface area (Å²) in [6, 6.07) is 0. The molecule has 0 atom stereocenters. The highest BCUT2D eigenvalue weighted by atomic mass is 32.2. The van der Waals surface area contributed by atoms with Crippen LogP contribution in [0, 0.1) is 0 Å². The van der Waals surface area contributed by atoms with Crippen LogP contribution in [0.5, 0.6) is 0 Å². The van der Waals surface area contributed by atoms with Gasteiger partial charge in [-0.15, -0.1) is 6.58 Å². The number of carbonyl (C=O) groups is 3. The van der Waals surface area contributed by atoms with Gasteiger partial charge in [0.05, 0.1) is 17.4 Å². The molecule has 9 heteroatoms. The summed E-state index contributed by atoms with van der Waals surface area (Å²) in [7, 11) is 0. The molecule has 2 fully saturated rings. The first-order valence-electron chi connectivity index (χ1n) is 6.47. The average molecular weight is 358 g/mol. The molecule has 2 saturated heterocycles. The lowest BCUT2D eigenvalue weighted by Gasteiger charge is -2.18. The molecule has 2 rings (SSSR count). The number of ether oxygens (including phenoxy) is 1. The first kappa shape index (κ1) is 17.0. The van der Waals surface area contributed by atoms with Gasteiger partial charge in [-0.05, 0) is 6.42 Å². The Labute approximate surface area is 141 Å². The first-order valence-corrected chi connectivity index (χ1v) is 8.68. The van der Waals surface area contributed by atoms with Crippen LogP contribution in [-0.2, 0) is 19.1 Å². The van der Waals surface area contributed by atoms with E-state index in [1.54, 1.807) is 11.0 Å². The molecule has 2 heterocycles. The maximum atomic E-state index is 12.4. The molecule has 0 aromatic heterocycles. The van der Waals surface area contributed by atoms with Crippen LogP contribution in [0.15, 0.2) is 22.6 Å². The zero-order valence-electron chi connectivity index (χ0n) is 11.6. The molecule has 118 valence electrons. The minimum Gasteiger partial charge on any atom is -0.468 e. The fourth-order valence-corrected chi connectivity index (χ4v) is 4.51. The Balaban J connectivity index is 2.15. The first-order chi connectivity index (χ1) is 10.6. The van der Waals surface area contributed by atoms with Crippen molar-refractivity contribution in [3.05, 3.63) is 22.6 Å². The number of hydrogen-bond donors (Lipinski definition) is 0. The average Bonchev–Trinajstić information content (AvgIpc) is 2.99. The van der Waals surface area contributed by atoms with Crippen molar-refractivity contribution in [3.8, 4) is 0 Å². The van der Waals surface area contributed by atoms with E-state index in [-0.39, 0.29) is 18.4 Å². The number of nitrogens with zero attached hydrogens (tertiary/aromatic N) is 2. The summed E-state index contributed by atoms with van der Waals surface area (Å²) >= 11 is 7.74. The fraction of sp³-hybridized carbons (Fsp3) is 0.385. The lowest BCUT2D eigenvalue weighted by molar-refractivity contribution is -0.129. The second-order valence-electron chi connectivity index (χ2n) is 4.36. The van der Waals surface area contributed by atoms with Crippen LogP contribution in [0.2, 0.25) is 0 Å². The van der Waals surface area contributed by atoms with Crippen molar-refractivity contribution in [2.75, 3.05) is 25.4 Å². The Morgan fingerprint density at radius 2 is 2.14 bits per heavy atom. The molecule has 0 aliphatic carbocycles. The van der Waals surface area contributed by atoms with Gasteiger partial charge in [-0.1, -0.05) is 41.8 Å². The third-order valence-electron chi connectivity index (χ3n) is 2.95. The van der Waals surface area contributed by atoms with E-state index in [1.165, 1.54) is 28.4 Å². The van der Waals surface area contributed by atoms with E-state index in [2.05, 4.69) is 11.3 Å². The lowest BCUT2D eigenvalue weighted by atomic mass is 10.4. The van der Waals surface area contributed by atoms with Gasteiger partial charge in [-0.25, -0.2) is 0 Å². The Bertz CT molecular complexity index is 561. The highest BCUT2D eigenvalue weighted by Crippen LogP contribution is 2.41. The smallest absolute Gasteiger partial charge is 0.293 e. The molecule has 0 N–H and O–H groups in total. The van der Waals surface area contributed by atoms with Gasteiger partial charge in [0.15, 0.2) is 0 Å². The molecule has 0 spiro atoms. The normalized spacial score (nSPS) is 21.7. The minimum atomic E-state index is -0.193. The standard InChI is InChI=1S/C13H14N2O4S3/c1-2-4-15-11(18)10(22-13(15)20)12-14(9(17)7-21-12)5-3-6-19-8-16/h2,8H,1,3-7H2/b12-10+. The fourth-order valence-electron chi connectivity index (χ4n) is 1.98. The number of rotatable bonds is 7. The molecular formula is C13H14N2O4S3. The van der Waals surface area contributed by atoms with E-state index in [4.69, 9.17) is 12.2 Å². The molecular weight excluding hydrogens is 344 g/mol. The van der Waals surface area contributed by atoms with Crippen LogP contribution >= 0.6 is 35.7 Å². The summed E-state index contributed by atoms with van der Waals surface area (Å²) in [4.78, 5) is 38.0. The predicted octanol–water partition coefficient (Wildman–Crippen LogP) is 1.34. The summed E-state index contributed by atoms with van der Waals surface area (Å²) < 4.78 is 5.09. The molecule has 0 saturated carbocycles. The van der Waals surface area contributed by atoms with Gasteiger partial charge in [0.1, 0.15) is 9.23 Å². The Morgan fingerprint density at radius 3 is 2.82 bits per heavy atom. The van der Waals surface area contributed by atoms with E-state index in [9.17, 15) is 14.4 Å². The maximum absolute atomic E-state index is 12.4. The van der Waals surface area contributed by atoms with Crippen molar-refractivity contribution in [1.29, 1.82) is 0 Å². The Kier molecular flexibility index (Phi) is 6.04. The van der Waals surface area contributed by atoms with Crippen LogP contribution in [-0.4, -0.2) is 57.9 Å². The molecule has 0 radical (unpaired) electrons. The van der Waals surface area contributed by atoms with Crippen LogP contribution in [0.1, 0.15) is 6.42 Å². The van der Waals surface area contributed by atoms with E-state index in [0.717, 1.165) is 0 Å². The highest BCUT2D eigenvalue weighted by Gasteiger charge is 2.39. The summed E-state index contributed by atoms with van der Waals surface area (Å²) in [5, 5.41) is 0.639. The van der Waals surface area contributed by atoms with Gasteiger partial charge in [0, 0.05) is 13.1 Å². The van der Waals surface area contributed by atoms with Crippen LogP contribution in [0.3, 0.4) is 0 Å². The van der Waals surface area contributed by atoms with Gasteiger partial charge >= 0.3 is 0 Å². The van der Waals surface area contributed by atoms with Crippen molar-refractivity contribution >= 4 is 58.3 Å². The minimum absolute atomic E-state index is 0.0555. The van der Waals surface area contributed by atoms with E-state index in [0.29, 0.717) is 46.0 Å². The number of hydrogen-bond acceptors (Lipinski definition) is 7. The lowest BCUT2D eigenvalue weighted by Crippen LogP contribution is -2.30. The van der Waals surface area contributed by atoms with Crippen molar-refractivity contribution in [2.24, 2.45) is 0 Å². The SMILES string of the molecule is C=CCN1C(=O)/C(=C2\SCC(=O)N2CCCOC=O)SC1=S. The molecule has 0 bridgehead atoms. The zero-order chi connectivity index (χ0) is 16.1. The van der Waals surface area contributed by atoms with E-state index >= 15 is 0 Å². The third-order valence-corrected chi connectivity index (χ3v) is 5.60. The third kappa shape index (κ3) is 3.53. The second kappa shape index (κ2) is 7.80. The molecule has 2 aliphatic rings. The molecule has 0 aromatic carbocycles. The topological polar surface area (TPSA) is 66.9 Å². The maximum Gasteiger partial charge on any atom is 0.293 e. The van der Waals surface area contributed by atoms with Crippen LogP contribution in [0.25, 0.3) is 0 Å².